The van der Waals surface area contributed by atoms with Gasteiger partial charge in [0.05, 0.1) is 5.56 Å². The first kappa shape index (κ1) is 10.1. The van der Waals surface area contributed by atoms with Gasteiger partial charge in [0.25, 0.3) is 0 Å². The van der Waals surface area contributed by atoms with Gasteiger partial charge in [-0.3, -0.25) is 4.79 Å². The van der Waals surface area contributed by atoms with Crippen LogP contribution >= 0.6 is 0 Å². The van der Waals surface area contributed by atoms with Crippen LogP contribution in [-0.4, -0.2) is 12.1 Å². The molecule has 86 valence electrons. The molecule has 0 N–H and O–H groups in total. The molecule has 0 atom stereocenters. The Hall–Kier alpha value is -2.03. The Labute approximate surface area is 99.0 Å². The minimum atomic E-state index is -0.711. The van der Waals surface area contributed by atoms with Gasteiger partial charge in [-0.2, -0.15) is 0 Å². The Balaban J connectivity index is 2.36. The third kappa shape index (κ3) is 1.46. The highest BCUT2D eigenvalue weighted by molar-refractivity contribution is 6.02. The van der Waals surface area contributed by atoms with Crippen molar-refractivity contribution in [2.45, 2.75) is 19.6 Å². The lowest BCUT2D eigenvalue weighted by molar-refractivity contribution is -0.0432. The van der Waals surface area contributed by atoms with Crippen molar-refractivity contribution < 1.29 is 14.3 Å². The lowest BCUT2D eigenvalue weighted by Crippen LogP contribution is -2.29. The predicted octanol–water partition coefficient (Wildman–Crippen LogP) is 3.16. The Morgan fingerprint density at radius 1 is 1.18 bits per heavy atom. The number of fused-ring (bicyclic) bond motifs is 2. The largest absolute Gasteiger partial charge is 0.449 e. The molecule has 3 nitrogen and oxygen atoms in total. The highest BCUT2D eigenvalue weighted by Crippen LogP contribution is 2.44. The number of benzene rings is 2. The van der Waals surface area contributed by atoms with Crippen molar-refractivity contribution in [1.82, 2.24) is 0 Å². The molecule has 2 aromatic carbocycles. The Bertz CT molecular complexity index is 614. The van der Waals surface area contributed by atoms with E-state index in [1.165, 1.54) is 0 Å². The zero-order valence-corrected chi connectivity index (χ0v) is 9.69. The van der Waals surface area contributed by atoms with Gasteiger partial charge in [-0.1, -0.05) is 24.3 Å². The molecule has 17 heavy (non-hydrogen) atoms. The number of hydrogen-bond donors (Lipinski definition) is 0. The minimum Gasteiger partial charge on any atom is -0.449 e. The molecule has 0 aromatic heterocycles. The lowest BCUT2D eigenvalue weighted by atomic mass is 10.0. The zero-order valence-electron chi connectivity index (χ0n) is 9.69. The van der Waals surface area contributed by atoms with E-state index in [1.54, 1.807) is 0 Å². The highest BCUT2D eigenvalue weighted by atomic mass is 16.7. The van der Waals surface area contributed by atoms with E-state index in [2.05, 4.69) is 0 Å². The van der Waals surface area contributed by atoms with Crippen molar-refractivity contribution in [3.8, 4) is 11.5 Å². The molecule has 1 heterocycles. The van der Waals surface area contributed by atoms with Gasteiger partial charge in [0, 0.05) is 13.8 Å². The Morgan fingerprint density at radius 2 is 1.94 bits per heavy atom. The van der Waals surface area contributed by atoms with E-state index >= 15 is 0 Å². The van der Waals surface area contributed by atoms with Crippen LogP contribution in [0.15, 0.2) is 30.3 Å². The smallest absolute Gasteiger partial charge is 0.246 e. The summed E-state index contributed by atoms with van der Waals surface area (Å²) in [5.74, 6) is 0.469. The number of hydrogen-bond acceptors (Lipinski definition) is 3. The molecule has 0 fully saturated rings. The van der Waals surface area contributed by atoms with Crippen molar-refractivity contribution in [3.63, 3.8) is 0 Å². The van der Waals surface area contributed by atoms with Gasteiger partial charge in [0.15, 0.2) is 17.8 Å². The van der Waals surface area contributed by atoms with Gasteiger partial charge >= 0.3 is 0 Å². The molecule has 2 aromatic rings. The fraction of sp³-hybridized carbons (Fsp3) is 0.214. The number of ether oxygens (including phenoxy) is 2. The quantitative estimate of drug-likeness (QED) is 0.703. The maximum absolute atomic E-state index is 11.3. The summed E-state index contributed by atoms with van der Waals surface area (Å²) in [5, 5.41) is 1.87. The molecule has 0 spiro atoms. The molecule has 3 heteroatoms. The van der Waals surface area contributed by atoms with Gasteiger partial charge in [0.2, 0.25) is 5.79 Å². The summed E-state index contributed by atoms with van der Waals surface area (Å²) in [6.45, 7) is 3.65. The van der Waals surface area contributed by atoms with Crippen molar-refractivity contribution in [2.75, 3.05) is 0 Å². The summed E-state index contributed by atoms with van der Waals surface area (Å²) in [4.78, 5) is 11.3. The lowest BCUT2D eigenvalue weighted by Gasteiger charge is -2.16. The molecule has 1 aliphatic rings. The van der Waals surface area contributed by atoms with Crippen LogP contribution in [-0.2, 0) is 0 Å². The molecule has 0 amide bonds. The summed E-state index contributed by atoms with van der Waals surface area (Å²) < 4.78 is 11.3. The SMILES string of the molecule is CC1(C)Oc2cc3ccccc3c(C=O)c2O1. The van der Waals surface area contributed by atoms with Crippen molar-refractivity contribution in [2.24, 2.45) is 0 Å². The number of carbonyl (C=O) groups is 1. The van der Waals surface area contributed by atoms with Crippen molar-refractivity contribution >= 4 is 17.1 Å². The van der Waals surface area contributed by atoms with Crippen LogP contribution in [0.25, 0.3) is 10.8 Å². The van der Waals surface area contributed by atoms with E-state index in [9.17, 15) is 4.79 Å². The molecule has 0 bridgehead atoms. The van der Waals surface area contributed by atoms with Gasteiger partial charge in [-0.05, 0) is 16.8 Å². The van der Waals surface area contributed by atoms with Crippen LogP contribution < -0.4 is 9.47 Å². The topological polar surface area (TPSA) is 35.5 Å². The van der Waals surface area contributed by atoms with Crippen molar-refractivity contribution in [3.05, 3.63) is 35.9 Å². The molecular formula is C14H12O3. The van der Waals surface area contributed by atoms with E-state index in [0.29, 0.717) is 17.1 Å². The first-order valence-corrected chi connectivity index (χ1v) is 5.50. The fourth-order valence-corrected chi connectivity index (χ4v) is 2.16. The fourth-order valence-electron chi connectivity index (χ4n) is 2.16. The molecule has 0 saturated heterocycles. The molecule has 0 saturated carbocycles. The van der Waals surface area contributed by atoms with E-state index in [1.807, 2.05) is 44.2 Å². The maximum Gasteiger partial charge on any atom is 0.246 e. The van der Waals surface area contributed by atoms with E-state index in [0.717, 1.165) is 17.1 Å². The van der Waals surface area contributed by atoms with Crippen molar-refractivity contribution in [1.29, 1.82) is 0 Å². The molecule has 0 radical (unpaired) electrons. The van der Waals surface area contributed by atoms with Gasteiger partial charge in [0.1, 0.15) is 0 Å². The average molecular weight is 228 g/mol. The van der Waals surface area contributed by atoms with Gasteiger partial charge in [-0.15, -0.1) is 0 Å². The first-order chi connectivity index (χ1) is 8.11. The number of aldehydes is 1. The molecular weight excluding hydrogens is 216 g/mol. The second kappa shape index (κ2) is 3.23. The van der Waals surface area contributed by atoms with E-state index < -0.39 is 5.79 Å². The summed E-state index contributed by atoms with van der Waals surface area (Å²) >= 11 is 0. The van der Waals surface area contributed by atoms with Crippen LogP contribution in [0.2, 0.25) is 0 Å². The van der Waals surface area contributed by atoms with Crippen LogP contribution in [0.5, 0.6) is 11.5 Å². The summed E-state index contributed by atoms with van der Waals surface area (Å²) in [6.07, 6.45) is 0.825. The second-order valence-corrected chi connectivity index (χ2v) is 4.56. The summed E-state index contributed by atoms with van der Waals surface area (Å²) in [5.41, 5.74) is 0.559. The minimum absolute atomic E-state index is 0.545. The van der Waals surface area contributed by atoms with E-state index in [-0.39, 0.29) is 0 Å². The van der Waals surface area contributed by atoms with Gasteiger partial charge < -0.3 is 9.47 Å². The maximum atomic E-state index is 11.3. The standard InChI is InChI=1S/C14H12O3/c1-14(2)16-12-7-9-5-3-4-6-10(9)11(8-15)13(12)17-14/h3-8H,1-2H3. The van der Waals surface area contributed by atoms with Crippen LogP contribution in [0.1, 0.15) is 24.2 Å². The second-order valence-electron chi connectivity index (χ2n) is 4.56. The first-order valence-electron chi connectivity index (χ1n) is 5.50. The van der Waals surface area contributed by atoms with Crippen LogP contribution in [0.3, 0.4) is 0 Å². The van der Waals surface area contributed by atoms with Crippen LogP contribution in [0.4, 0.5) is 0 Å². The molecule has 0 aliphatic carbocycles. The molecule has 0 unspecified atom stereocenters. The Kier molecular flexibility index (Phi) is 1.93. The summed E-state index contributed by atoms with van der Waals surface area (Å²) in [7, 11) is 0. The predicted molar refractivity (Wildman–Crippen MR) is 64.7 cm³/mol. The van der Waals surface area contributed by atoms with E-state index in [4.69, 9.17) is 9.47 Å². The number of carbonyl (C=O) groups excluding carboxylic acids is 1. The Morgan fingerprint density at radius 3 is 2.71 bits per heavy atom. The third-order valence-corrected chi connectivity index (χ3v) is 2.83. The van der Waals surface area contributed by atoms with Gasteiger partial charge in [-0.25, -0.2) is 0 Å². The monoisotopic (exact) mass is 228 g/mol. The van der Waals surface area contributed by atoms with Crippen LogP contribution in [0, 0.1) is 0 Å². The molecule has 1 aliphatic heterocycles. The number of rotatable bonds is 1. The zero-order chi connectivity index (χ0) is 12.0. The highest BCUT2D eigenvalue weighted by Gasteiger charge is 2.34. The normalized spacial score (nSPS) is 16.1. The molecule has 3 rings (SSSR count). The average Bonchev–Trinajstić information content (AvgIpc) is 2.59. The third-order valence-electron chi connectivity index (χ3n) is 2.83. The summed E-state index contributed by atoms with van der Waals surface area (Å²) in [6, 6.07) is 9.62.